The zero-order valence-electron chi connectivity index (χ0n) is 22.0. The van der Waals surface area contributed by atoms with Gasteiger partial charge in [-0.15, -0.1) is 0 Å². The topological polar surface area (TPSA) is 77.0 Å². The first-order valence-electron chi connectivity index (χ1n) is 13.3. The van der Waals surface area contributed by atoms with Crippen molar-refractivity contribution in [2.45, 2.75) is 39.2 Å². The number of carboxylic acid groups (broad SMARTS) is 1. The summed E-state index contributed by atoms with van der Waals surface area (Å²) in [5.41, 5.74) is 4.40. The van der Waals surface area contributed by atoms with Crippen molar-refractivity contribution in [3.8, 4) is 17.2 Å². The molecule has 0 spiro atoms. The number of aliphatic carboxylic acids is 1. The molecule has 38 heavy (non-hydrogen) atoms. The number of hydrogen-bond acceptors (Lipinski definition) is 5. The quantitative estimate of drug-likeness (QED) is 0.245. The predicted octanol–water partition coefficient (Wildman–Crippen LogP) is 6.79. The number of nitrogens with one attached hydrogen (secondary N) is 1. The van der Waals surface area contributed by atoms with E-state index >= 15 is 0 Å². The Morgan fingerprint density at radius 2 is 1.53 bits per heavy atom. The van der Waals surface area contributed by atoms with Crippen LogP contribution < -0.4 is 19.5 Å². The molecule has 2 aliphatic carbocycles. The standard InChI is InChI=1S/C32H35NO5/c1-21(32(34)35)31(25-10-12-26(13-11-25)37-19-22-6-7-22)29-17-28(38-20-23-8-9-23)14-15-30(29)33-18-24-4-3-5-27(16-24)36-2/h3-5,10-17,22-23,33H,6-9,18-20H2,1-2H3,(H,34,35)/b31-21+. The fraction of sp³-hybridized carbons (Fsp3) is 0.344. The lowest BCUT2D eigenvalue weighted by Gasteiger charge is -2.19. The number of ether oxygens (including phenoxy) is 3. The van der Waals surface area contributed by atoms with Gasteiger partial charge in [0.15, 0.2) is 0 Å². The summed E-state index contributed by atoms with van der Waals surface area (Å²) >= 11 is 0. The molecule has 0 heterocycles. The molecule has 0 atom stereocenters. The van der Waals surface area contributed by atoms with Gasteiger partial charge in [-0.05, 0) is 98.0 Å². The average Bonchev–Trinajstić information content (AvgIpc) is 3.87. The second kappa shape index (κ2) is 11.6. The third kappa shape index (κ3) is 6.68. The molecule has 3 aromatic carbocycles. The number of hydrogen-bond donors (Lipinski definition) is 2. The van der Waals surface area contributed by atoms with Crippen LogP contribution in [0.3, 0.4) is 0 Å². The summed E-state index contributed by atoms with van der Waals surface area (Å²) in [5, 5.41) is 13.6. The van der Waals surface area contributed by atoms with Crippen molar-refractivity contribution in [2.24, 2.45) is 11.8 Å². The monoisotopic (exact) mass is 513 g/mol. The van der Waals surface area contributed by atoms with E-state index < -0.39 is 5.97 Å². The van der Waals surface area contributed by atoms with Crippen LogP contribution >= 0.6 is 0 Å². The Kier molecular flexibility index (Phi) is 7.87. The molecule has 0 amide bonds. The Bertz CT molecular complexity index is 1310. The number of benzene rings is 3. The molecule has 2 aliphatic rings. The fourth-order valence-corrected chi connectivity index (χ4v) is 4.35. The van der Waals surface area contributed by atoms with Gasteiger partial charge in [0.1, 0.15) is 17.2 Å². The van der Waals surface area contributed by atoms with Crippen LogP contribution in [0.2, 0.25) is 0 Å². The number of methoxy groups -OCH3 is 1. The lowest BCUT2D eigenvalue weighted by molar-refractivity contribution is -0.132. The van der Waals surface area contributed by atoms with Crippen molar-refractivity contribution in [2.75, 3.05) is 25.6 Å². The molecule has 0 bridgehead atoms. The summed E-state index contributed by atoms with van der Waals surface area (Å²) < 4.78 is 17.4. The van der Waals surface area contributed by atoms with E-state index in [1.54, 1.807) is 14.0 Å². The minimum atomic E-state index is -0.961. The lowest BCUT2D eigenvalue weighted by atomic mass is 9.92. The summed E-state index contributed by atoms with van der Waals surface area (Å²) in [7, 11) is 1.65. The maximum atomic E-state index is 12.3. The largest absolute Gasteiger partial charge is 0.497 e. The summed E-state index contributed by atoms with van der Waals surface area (Å²) in [4.78, 5) is 12.3. The van der Waals surface area contributed by atoms with Gasteiger partial charge in [-0.1, -0.05) is 24.3 Å². The van der Waals surface area contributed by atoms with Crippen LogP contribution in [-0.4, -0.2) is 31.4 Å². The van der Waals surface area contributed by atoms with Crippen molar-refractivity contribution >= 4 is 17.2 Å². The first-order chi connectivity index (χ1) is 18.5. The molecule has 0 radical (unpaired) electrons. The normalized spacial score (nSPS) is 15.4. The number of anilines is 1. The highest BCUT2D eigenvalue weighted by Crippen LogP contribution is 2.37. The molecule has 3 aromatic rings. The molecule has 2 saturated carbocycles. The van der Waals surface area contributed by atoms with Crippen molar-refractivity contribution in [1.82, 2.24) is 0 Å². The van der Waals surface area contributed by atoms with Gasteiger partial charge in [-0.25, -0.2) is 4.79 Å². The first kappa shape index (κ1) is 25.7. The fourth-order valence-electron chi connectivity index (χ4n) is 4.35. The Labute approximate surface area is 224 Å². The highest BCUT2D eigenvalue weighted by Gasteiger charge is 2.24. The van der Waals surface area contributed by atoms with Crippen LogP contribution in [0.15, 0.2) is 72.3 Å². The lowest BCUT2D eigenvalue weighted by Crippen LogP contribution is -2.08. The number of carbonyl (C=O) groups is 1. The SMILES string of the molecule is COc1cccc(CNc2ccc(OCC3CC3)cc2/C(=C(\C)C(=O)O)c2ccc(OCC3CC3)cc2)c1. The highest BCUT2D eigenvalue weighted by molar-refractivity contribution is 6.02. The van der Waals surface area contributed by atoms with Crippen LogP contribution in [-0.2, 0) is 11.3 Å². The zero-order valence-corrected chi connectivity index (χ0v) is 22.0. The molecule has 0 aromatic heterocycles. The molecule has 0 aliphatic heterocycles. The van der Waals surface area contributed by atoms with Gasteiger partial charge in [0.2, 0.25) is 0 Å². The summed E-state index contributed by atoms with van der Waals surface area (Å²) in [6.45, 7) is 3.62. The van der Waals surface area contributed by atoms with Gasteiger partial charge in [0, 0.05) is 28.9 Å². The minimum absolute atomic E-state index is 0.264. The Morgan fingerprint density at radius 3 is 2.16 bits per heavy atom. The minimum Gasteiger partial charge on any atom is -0.497 e. The molecule has 2 fully saturated rings. The van der Waals surface area contributed by atoms with E-state index in [2.05, 4.69) is 5.32 Å². The Balaban J connectivity index is 1.48. The smallest absolute Gasteiger partial charge is 0.331 e. The molecule has 6 heteroatoms. The van der Waals surface area contributed by atoms with Crippen LogP contribution in [0.1, 0.15) is 49.3 Å². The zero-order chi connectivity index (χ0) is 26.5. The van der Waals surface area contributed by atoms with Crippen molar-refractivity contribution in [3.05, 3.63) is 89.0 Å². The van der Waals surface area contributed by atoms with E-state index in [1.807, 2.05) is 66.7 Å². The number of carboxylic acids is 1. The van der Waals surface area contributed by atoms with Gasteiger partial charge < -0.3 is 24.6 Å². The molecule has 0 saturated heterocycles. The maximum absolute atomic E-state index is 12.3. The van der Waals surface area contributed by atoms with Crippen molar-refractivity contribution < 1.29 is 24.1 Å². The third-order valence-electron chi connectivity index (χ3n) is 7.08. The molecule has 198 valence electrons. The third-order valence-corrected chi connectivity index (χ3v) is 7.08. The van der Waals surface area contributed by atoms with Crippen LogP contribution in [0.5, 0.6) is 17.2 Å². The van der Waals surface area contributed by atoms with Gasteiger partial charge in [0.05, 0.1) is 20.3 Å². The molecule has 2 N–H and O–H groups in total. The van der Waals surface area contributed by atoms with Gasteiger partial charge >= 0.3 is 5.97 Å². The summed E-state index contributed by atoms with van der Waals surface area (Å²) in [5.74, 6) is 2.64. The van der Waals surface area contributed by atoms with Crippen LogP contribution in [0, 0.1) is 11.8 Å². The van der Waals surface area contributed by atoms with E-state index in [4.69, 9.17) is 14.2 Å². The first-order valence-corrected chi connectivity index (χ1v) is 13.3. The van der Waals surface area contributed by atoms with E-state index in [9.17, 15) is 9.90 Å². The molecule has 6 nitrogen and oxygen atoms in total. The second-order valence-corrected chi connectivity index (χ2v) is 10.3. The molecule has 0 unspecified atom stereocenters. The molecular formula is C32H35NO5. The van der Waals surface area contributed by atoms with Gasteiger partial charge in [-0.2, -0.15) is 0 Å². The van der Waals surface area contributed by atoms with Gasteiger partial charge in [0.25, 0.3) is 0 Å². The van der Waals surface area contributed by atoms with Crippen molar-refractivity contribution in [1.29, 1.82) is 0 Å². The predicted molar refractivity (Wildman–Crippen MR) is 149 cm³/mol. The second-order valence-electron chi connectivity index (χ2n) is 10.3. The number of rotatable bonds is 13. The average molecular weight is 514 g/mol. The molecule has 5 rings (SSSR count). The summed E-state index contributed by atoms with van der Waals surface area (Å²) in [6.07, 6.45) is 4.86. The van der Waals surface area contributed by atoms with E-state index in [0.717, 1.165) is 46.2 Å². The van der Waals surface area contributed by atoms with Crippen LogP contribution in [0.4, 0.5) is 5.69 Å². The molecular weight excluding hydrogens is 478 g/mol. The Morgan fingerprint density at radius 1 is 0.868 bits per heavy atom. The Hall–Kier alpha value is -3.93. The maximum Gasteiger partial charge on any atom is 0.331 e. The van der Waals surface area contributed by atoms with E-state index in [1.165, 1.54) is 25.7 Å². The summed E-state index contributed by atoms with van der Waals surface area (Å²) in [6, 6.07) is 21.5. The van der Waals surface area contributed by atoms with Crippen molar-refractivity contribution in [3.63, 3.8) is 0 Å². The van der Waals surface area contributed by atoms with Gasteiger partial charge in [-0.3, -0.25) is 0 Å². The van der Waals surface area contributed by atoms with E-state index in [-0.39, 0.29) is 5.57 Å². The van der Waals surface area contributed by atoms with E-state index in [0.29, 0.717) is 30.6 Å². The van der Waals surface area contributed by atoms with Crippen LogP contribution in [0.25, 0.3) is 5.57 Å². The highest BCUT2D eigenvalue weighted by atomic mass is 16.5.